The lowest BCUT2D eigenvalue weighted by Crippen LogP contribution is -2.19. The van der Waals surface area contributed by atoms with Crippen LogP contribution in [-0.4, -0.2) is 26.3 Å². The molecule has 4 rings (SSSR count). The van der Waals surface area contributed by atoms with Gasteiger partial charge in [-0.1, -0.05) is 6.07 Å². The van der Waals surface area contributed by atoms with Gasteiger partial charge in [0.2, 0.25) is 0 Å². The second-order valence-electron chi connectivity index (χ2n) is 6.67. The Hall–Kier alpha value is -3.06. The fraction of sp³-hybridized carbons (Fsp3) is 0.300. The Labute approximate surface area is 156 Å². The number of aryl methyl sites for hydroxylation is 1. The van der Waals surface area contributed by atoms with Crippen molar-refractivity contribution in [2.24, 2.45) is 0 Å². The molecule has 0 spiro atoms. The van der Waals surface area contributed by atoms with Crippen LogP contribution in [0.3, 0.4) is 0 Å². The fourth-order valence-electron chi connectivity index (χ4n) is 3.42. The molecule has 0 aliphatic carbocycles. The minimum absolute atomic E-state index is 0.0476. The molecule has 7 nitrogen and oxygen atoms in total. The summed E-state index contributed by atoms with van der Waals surface area (Å²) in [7, 11) is 0. The lowest BCUT2D eigenvalue weighted by molar-refractivity contribution is -0.383. The highest BCUT2D eigenvalue weighted by molar-refractivity contribution is 5.96. The van der Waals surface area contributed by atoms with E-state index in [2.05, 4.69) is 10.1 Å². The number of nitro groups is 1. The van der Waals surface area contributed by atoms with E-state index >= 15 is 0 Å². The molecule has 1 atom stereocenters. The number of pyridine rings is 1. The van der Waals surface area contributed by atoms with Crippen molar-refractivity contribution in [3.63, 3.8) is 0 Å². The summed E-state index contributed by atoms with van der Waals surface area (Å²) in [4.78, 5) is 15.5. The van der Waals surface area contributed by atoms with Gasteiger partial charge in [0, 0.05) is 18.9 Å². The van der Waals surface area contributed by atoms with E-state index in [1.165, 1.54) is 6.07 Å². The first-order chi connectivity index (χ1) is 13.1. The van der Waals surface area contributed by atoms with Crippen LogP contribution >= 0.6 is 0 Å². The van der Waals surface area contributed by atoms with Gasteiger partial charge in [0.25, 0.3) is 5.69 Å². The van der Waals surface area contributed by atoms with Gasteiger partial charge in [0.05, 0.1) is 16.1 Å². The van der Waals surface area contributed by atoms with Crippen LogP contribution < -0.4 is 0 Å². The Kier molecular flexibility index (Phi) is 4.68. The Morgan fingerprint density at radius 1 is 1.30 bits per heavy atom. The molecule has 138 valence electrons. The average molecular weight is 364 g/mol. The van der Waals surface area contributed by atoms with Crippen molar-refractivity contribution in [2.75, 3.05) is 6.61 Å². The molecule has 27 heavy (non-hydrogen) atoms. The number of aromatic nitrogens is 3. The summed E-state index contributed by atoms with van der Waals surface area (Å²) in [5.41, 5.74) is 3.20. The second kappa shape index (κ2) is 7.28. The monoisotopic (exact) mass is 364 g/mol. The van der Waals surface area contributed by atoms with Crippen molar-refractivity contribution in [3.8, 4) is 0 Å². The van der Waals surface area contributed by atoms with Crippen LogP contribution in [0.5, 0.6) is 0 Å². The number of non-ortho nitro benzene ring substituents is 1. The van der Waals surface area contributed by atoms with Crippen LogP contribution in [0.1, 0.15) is 42.4 Å². The lowest BCUT2D eigenvalue weighted by atomic mass is 10.1. The molecular weight excluding hydrogens is 344 g/mol. The smallest absolute Gasteiger partial charge is 0.281 e. The van der Waals surface area contributed by atoms with Gasteiger partial charge >= 0.3 is 0 Å². The summed E-state index contributed by atoms with van der Waals surface area (Å²) in [6.45, 7) is 2.67. The predicted molar refractivity (Wildman–Crippen MR) is 103 cm³/mol. The topological polar surface area (TPSA) is 83.1 Å². The molecule has 0 bridgehead atoms. The molecule has 3 aromatic rings. The summed E-state index contributed by atoms with van der Waals surface area (Å²) in [5.74, 6) is 0. The quantitative estimate of drug-likeness (QED) is 0.502. The largest absolute Gasteiger partial charge is 0.356 e. The van der Waals surface area contributed by atoms with Crippen LogP contribution in [0.2, 0.25) is 0 Å². The minimum Gasteiger partial charge on any atom is -0.356 e. The van der Waals surface area contributed by atoms with Crippen LogP contribution in [0.4, 0.5) is 5.69 Å². The van der Waals surface area contributed by atoms with E-state index in [0.29, 0.717) is 23.2 Å². The van der Waals surface area contributed by atoms with E-state index in [0.717, 1.165) is 30.5 Å². The molecule has 2 aromatic heterocycles. The van der Waals surface area contributed by atoms with Crippen molar-refractivity contribution < 1.29 is 9.66 Å². The molecule has 1 aliphatic heterocycles. The normalized spacial score (nSPS) is 17.6. The molecule has 3 heterocycles. The SMILES string of the molecule is Cc1ccnc(C=Cc2nn(C3CCCCO3)c3cccc([N+](=O)[O-])c23)c1. The molecule has 7 heteroatoms. The molecule has 1 saturated heterocycles. The van der Waals surface area contributed by atoms with Crippen molar-refractivity contribution >= 4 is 28.7 Å². The van der Waals surface area contributed by atoms with Gasteiger partial charge in [-0.15, -0.1) is 0 Å². The van der Waals surface area contributed by atoms with Gasteiger partial charge in [0.15, 0.2) is 6.23 Å². The Morgan fingerprint density at radius 3 is 2.93 bits per heavy atom. The maximum Gasteiger partial charge on any atom is 0.281 e. The number of benzene rings is 1. The summed E-state index contributed by atoms with van der Waals surface area (Å²) in [5, 5.41) is 16.8. The number of nitrogens with zero attached hydrogens (tertiary/aromatic N) is 4. The van der Waals surface area contributed by atoms with E-state index in [9.17, 15) is 10.1 Å². The Morgan fingerprint density at radius 2 is 2.19 bits per heavy atom. The third-order valence-corrected chi connectivity index (χ3v) is 4.71. The van der Waals surface area contributed by atoms with Gasteiger partial charge in [-0.3, -0.25) is 15.1 Å². The third kappa shape index (κ3) is 3.46. The van der Waals surface area contributed by atoms with Crippen LogP contribution in [0.25, 0.3) is 23.1 Å². The summed E-state index contributed by atoms with van der Waals surface area (Å²) in [6.07, 6.45) is 8.10. The van der Waals surface area contributed by atoms with Crippen molar-refractivity contribution in [1.82, 2.24) is 14.8 Å². The third-order valence-electron chi connectivity index (χ3n) is 4.71. The summed E-state index contributed by atoms with van der Waals surface area (Å²) >= 11 is 0. The number of hydrogen-bond acceptors (Lipinski definition) is 5. The van der Waals surface area contributed by atoms with E-state index < -0.39 is 0 Å². The van der Waals surface area contributed by atoms with Gasteiger partial charge in [-0.25, -0.2) is 4.68 Å². The molecule has 0 saturated carbocycles. The molecule has 1 aromatic carbocycles. The highest BCUT2D eigenvalue weighted by atomic mass is 16.6. The van der Waals surface area contributed by atoms with Crippen LogP contribution in [0, 0.1) is 17.0 Å². The molecule has 1 unspecified atom stereocenters. The molecule has 1 fully saturated rings. The van der Waals surface area contributed by atoms with Gasteiger partial charge in [-0.2, -0.15) is 5.10 Å². The number of rotatable bonds is 4. The van der Waals surface area contributed by atoms with Crippen LogP contribution in [0.15, 0.2) is 36.5 Å². The lowest BCUT2D eigenvalue weighted by Gasteiger charge is -2.23. The zero-order valence-corrected chi connectivity index (χ0v) is 15.0. The summed E-state index contributed by atoms with van der Waals surface area (Å²) < 4.78 is 7.64. The highest BCUT2D eigenvalue weighted by Crippen LogP contribution is 2.33. The minimum atomic E-state index is -0.363. The van der Waals surface area contributed by atoms with E-state index in [4.69, 9.17) is 4.74 Å². The van der Waals surface area contributed by atoms with E-state index in [1.54, 1.807) is 23.0 Å². The van der Waals surface area contributed by atoms with Gasteiger partial charge in [0.1, 0.15) is 11.1 Å². The first kappa shape index (κ1) is 17.4. The summed E-state index contributed by atoms with van der Waals surface area (Å²) in [6, 6.07) is 8.94. The maximum absolute atomic E-state index is 11.6. The number of nitro benzene ring substituents is 1. The molecule has 1 aliphatic rings. The van der Waals surface area contributed by atoms with E-state index in [-0.39, 0.29) is 16.8 Å². The number of ether oxygens (including phenoxy) is 1. The fourth-order valence-corrected chi connectivity index (χ4v) is 3.42. The predicted octanol–water partition coefficient (Wildman–Crippen LogP) is 4.52. The van der Waals surface area contributed by atoms with E-state index in [1.807, 2.05) is 31.2 Å². The molecule has 0 amide bonds. The maximum atomic E-state index is 11.6. The Bertz CT molecular complexity index is 1020. The number of hydrogen-bond donors (Lipinski definition) is 0. The first-order valence-corrected chi connectivity index (χ1v) is 9.01. The molecule has 0 radical (unpaired) electrons. The van der Waals surface area contributed by atoms with Gasteiger partial charge in [-0.05, 0) is 62.1 Å². The van der Waals surface area contributed by atoms with Crippen molar-refractivity contribution in [2.45, 2.75) is 32.4 Å². The van der Waals surface area contributed by atoms with Crippen molar-refractivity contribution in [1.29, 1.82) is 0 Å². The zero-order valence-electron chi connectivity index (χ0n) is 15.0. The average Bonchev–Trinajstić information content (AvgIpc) is 3.06. The second-order valence-corrected chi connectivity index (χ2v) is 6.67. The Balaban J connectivity index is 1.84. The molecular formula is C20H20N4O3. The van der Waals surface area contributed by atoms with Crippen LogP contribution in [-0.2, 0) is 4.74 Å². The first-order valence-electron chi connectivity index (χ1n) is 9.01. The molecule has 0 N–H and O–H groups in total. The highest BCUT2D eigenvalue weighted by Gasteiger charge is 2.24. The van der Waals surface area contributed by atoms with Crippen molar-refractivity contribution in [3.05, 3.63) is 63.6 Å². The standard InChI is InChI=1S/C20H20N4O3/c1-14-10-11-21-15(13-14)8-9-16-20-17(5-4-6-18(20)24(25)26)23(22-16)19-7-2-3-12-27-19/h4-6,8-11,13,19H,2-3,7,12H2,1H3. The van der Waals surface area contributed by atoms with Gasteiger partial charge < -0.3 is 4.74 Å². The zero-order chi connectivity index (χ0) is 18.8. The number of fused-ring (bicyclic) bond motifs is 1.